The van der Waals surface area contributed by atoms with Gasteiger partial charge in [-0.3, -0.25) is 4.98 Å². The number of aliphatic hydroxyl groups is 1. The summed E-state index contributed by atoms with van der Waals surface area (Å²) in [4.78, 5) is 4.29. The van der Waals surface area contributed by atoms with Crippen molar-refractivity contribution in [2.45, 2.75) is 6.10 Å². The van der Waals surface area contributed by atoms with Crippen LogP contribution in [0.4, 0.5) is 0 Å². The number of aromatic nitrogens is 1. The average molecular weight is 265 g/mol. The summed E-state index contributed by atoms with van der Waals surface area (Å²) in [7, 11) is 0. The highest BCUT2D eigenvalue weighted by Gasteiger charge is 2.09. The summed E-state index contributed by atoms with van der Waals surface area (Å²) in [6.07, 6.45) is 1.08. The third-order valence-electron chi connectivity index (χ3n) is 3.17. The van der Waals surface area contributed by atoms with Crippen molar-refractivity contribution in [1.29, 1.82) is 0 Å². The van der Waals surface area contributed by atoms with Gasteiger partial charge < -0.3 is 9.84 Å². The molecule has 3 heteroatoms. The first-order valence-electron chi connectivity index (χ1n) is 6.53. The lowest BCUT2D eigenvalue weighted by Gasteiger charge is -2.13. The van der Waals surface area contributed by atoms with E-state index in [9.17, 15) is 5.11 Å². The normalized spacial score (nSPS) is 12.2. The Morgan fingerprint density at radius 2 is 1.85 bits per heavy atom. The Labute approximate surface area is 117 Å². The average Bonchev–Trinajstić information content (AvgIpc) is 2.53. The second-order valence-corrected chi connectivity index (χ2v) is 4.60. The monoisotopic (exact) mass is 265 g/mol. The van der Waals surface area contributed by atoms with Gasteiger partial charge >= 0.3 is 0 Å². The Balaban J connectivity index is 1.73. The third-order valence-corrected chi connectivity index (χ3v) is 3.17. The van der Waals surface area contributed by atoms with Gasteiger partial charge in [-0.05, 0) is 29.8 Å². The number of aliphatic hydroxyl groups excluding tert-OH is 1. The second-order valence-electron chi connectivity index (χ2n) is 4.60. The van der Waals surface area contributed by atoms with Crippen molar-refractivity contribution in [1.82, 2.24) is 4.98 Å². The van der Waals surface area contributed by atoms with Crippen LogP contribution >= 0.6 is 0 Å². The minimum atomic E-state index is -0.665. The van der Waals surface area contributed by atoms with E-state index in [0.29, 0.717) is 0 Å². The maximum atomic E-state index is 10.2. The van der Waals surface area contributed by atoms with Gasteiger partial charge in [0, 0.05) is 11.6 Å². The Bertz CT molecular complexity index is 697. The van der Waals surface area contributed by atoms with Crippen LogP contribution in [0.15, 0.2) is 66.9 Å². The summed E-state index contributed by atoms with van der Waals surface area (Å²) in [5.41, 5.74) is 1.69. The molecule has 20 heavy (non-hydrogen) atoms. The summed E-state index contributed by atoms with van der Waals surface area (Å²) >= 11 is 0. The maximum absolute atomic E-state index is 10.2. The number of pyridine rings is 1. The van der Waals surface area contributed by atoms with Crippen molar-refractivity contribution in [3.63, 3.8) is 0 Å². The Kier molecular flexibility index (Phi) is 3.61. The van der Waals surface area contributed by atoms with E-state index >= 15 is 0 Å². The Hall–Kier alpha value is -2.39. The lowest BCUT2D eigenvalue weighted by atomic mass is 10.1. The van der Waals surface area contributed by atoms with Gasteiger partial charge in [0.05, 0.1) is 5.52 Å². The molecule has 0 saturated carbocycles. The third kappa shape index (κ3) is 2.78. The number of fused-ring (bicyclic) bond motifs is 1. The van der Waals surface area contributed by atoms with Crippen LogP contribution in [-0.2, 0) is 0 Å². The van der Waals surface area contributed by atoms with Gasteiger partial charge in [0.25, 0.3) is 0 Å². The zero-order valence-electron chi connectivity index (χ0n) is 10.9. The largest absolute Gasteiger partial charge is 0.491 e. The van der Waals surface area contributed by atoms with Gasteiger partial charge in [0.1, 0.15) is 18.5 Å². The van der Waals surface area contributed by atoms with Crippen LogP contribution < -0.4 is 4.74 Å². The molecule has 0 aliphatic heterocycles. The summed E-state index contributed by atoms with van der Waals surface area (Å²) in [5, 5.41) is 11.3. The minimum Gasteiger partial charge on any atom is -0.491 e. The molecule has 1 atom stereocenters. The molecule has 1 N–H and O–H groups in total. The minimum absolute atomic E-state index is 0.225. The first-order valence-corrected chi connectivity index (χ1v) is 6.53. The van der Waals surface area contributed by atoms with Gasteiger partial charge in [0.15, 0.2) is 0 Å². The number of hydrogen-bond acceptors (Lipinski definition) is 3. The second kappa shape index (κ2) is 5.72. The molecular weight excluding hydrogens is 250 g/mol. The Morgan fingerprint density at radius 3 is 2.70 bits per heavy atom. The van der Waals surface area contributed by atoms with Crippen molar-refractivity contribution in [2.24, 2.45) is 0 Å². The van der Waals surface area contributed by atoms with Crippen molar-refractivity contribution in [2.75, 3.05) is 6.61 Å². The van der Waals surface area contributed by atoms with E-state index in [1.54, 1.807) is 6.20 Å². The summed E-state index contributed by atoms with van der Waals surface area (Å²) in [5.74, 6) is 0.755. The lowest BCUT2D eigenvalue weighted by molar-refractivity contribution is 0.108. The Morgan fingerprint density at radius 1 is 1.00 bits per heavy atom. The molecule has 0 fully saturated rings. The smallest absolute Gasteiger partial charge is 0.119 e. The summed E-state index contributed by atoms with van der Waals surface area (Å²) < 4.78 is 5.56. The first kappa shape index (κ1) is 12.6. The summed E-state index contributed by atoms with van der Waals surface area (Å²) in [6, 6.07) is 19.1. The molecular formula is C17H15NO2. The molecule has 100 valence electrons. The zero-order valence-corrected chi connectivity index (χ0v) is 10.9. The predicted molar refractivity (Wildman–Crippen MR) is 78.6 cm³/mol. The van der Waals surface area contributed by atoms with Crippen LogP contribution in [0.25, 0.3) is 10.9 Å². The van der Waals surface area contributed by atoms with E-state index in [1.165, 1.54) is 0 Å². The van der Waals surface area contributed by atoms with E-state index < -0.39 is 6.10 Å². The molecule has 1 unspecified atom stereocenters. The van der Waals surface area contributed by atoms with Crippen LogP contribution in [0.5, 0.6) is 5.75 Å². The fourth-order valence-electron chi connectivity index (χ4n) is 2.08. The molecule has 0 radical (unpaired) electrons. The van der Waals surface area contributed by atoms with Crippen molar-refractivity contribution in [3.8, 4) is 5.75 Å². The highest BCUT2D eigenvalue weighted by atomic mass is 16.5. The maximum Gasteiger partial charge on any atom is 0.119 e. The summed E-state index contributed by atoms with van der Waals surface area (Å²) in [6.45, 7) is 0.225. The van der Waals surface area contributed by atoms with Crippen LogP contribution in [0.3, 0.4) is 0 Å². The number of hydrogen-bond donors (Lipinski definition) is 1. The molecule has 3 aromatic rings. The molecule has 0 bridgehead atoms. The van der Waals surface area contributed by atoms with Gasteiger partial charge in [-0.2, -0.15) is 0 Å². The molecule has 3 rings (SSSR count). The van der Waals surface area contributed by atoms with Crippen LogP contribution in [0, 0.1) is 0 Å². The number of nitrogens with zero attached hydrogens (tertiary/aromatic N) is 1. The van der Waals surface area contributed by atoms with E-state index in [0.717, 1.165) is 22.2 Å². The fourth-order valence-corrected chi connectivity index (χ4v) is 2.08. The fraction of sp³-hybridized carbons (Fsp3) is 0.118. The standard InChI is InChI=1S/C17H15NO2/c19-17(12-20-15-6-2-1-3-7-15)14-9-8-13-5-4-10-18-16(13)11-14/h1-11,17,19H,12H2. The van der Waals surface area contributed by atoms with Crippen molar-refractivity contribution < 1.29 is 9.84 Å². The predicted octanol–water partition coefficient (Wildman–Crippen LogP) is 3.35. The molecule has 1 heterocycles. The molecule has 0 spiro atoms. The molecule has 1 aromatic heterocycles. The molecule has 0 saturated heterocycles. The molecule has 3 nitrogen and oxygen atoms in total. The van der Waals surface area contributed by atoms with Crippen LogP contribution in [-0.4, -0.2) is 16.7 Å². The first-order chi connectivity index (χ1) is 9.83. The molecule has 0 amide bonds. The van der Waals surface area contributed by atoms with E-state index in [1.807, 2.05) is 60.7 Å². The van der Waals surface area contributed by atoms with Gasteiger partial charge in [0.2, 0.25) is 0 Å². The number of rotatable bonds is 4. The van der Waals surface area contributed by atoms with E-state index in [2.05, 4.69) is 4.98 Å². The number of benzene rings is 2. The van der Waals surface area contributed by atoms with Gasteiger partial charge in [-0.1, -0.05) is 36.4 Å². The van der Waals surface area contributed by atoms with E-state index in [4.69, 9.17) is 4.74 Å². The number of para-hydroxylation sites is 1. The van der Waals surface area contributed by atoms with Gasteiger partial charge in [-0.25, -0.2) is 0 Å². The highest BCUT2D eigenvalue weighted by Crippen LogP contribution is 2.20. The SMILES string of the molecule is OC(COc1ccccc1)c1ccc2cccnc2c1. The molecule has 0 aliphatic rings. The number of ether oxygens (including phenoxy) is 1. The van der Waals surface area contributed by atoms with Gasteiger partial charge in [-0.15, -0.1) is 0 Å². The van der Waals surface area contributed by atoms with Crippen molar-refractivity contribution >= 4 is 10.9 Å². The topological polar surface area (TPSA) is 42.4 Å². The molecule has 0 aliphatic carbocycles. The van der Waals surface area contributed by atoms with Crippen LogP contribution in [0.1, 0.15) is 11.7 Å². The zero-order chi connectivity index (χ0) is 13.8. The quantitative estimate of drug-likeness (QED) is 0.786. The highest BCUT2D eigenvalue weighted by molar-refractivity contribution is 5.78. The van der Waals surface area contributed by atoms with Crippen molar-refractivity contribution in [3.05, 3.63) is 72.4 Å². The van der Waals surface area contributed by atoms with E-state index in [-0.39, 0.29) is 6.61 Å². The lowest BCUT2D eigenvalue weighted by Crippen LogP contribution is -2.09. The molecule has 2 aromatic carbocycles. The van der Waals surface area contributed by atoms with Crippen LogP contribution in [0.2, 0.25) is 0 Å².